The minimum atomic E-state index is -0.210. The molecule has 1 saturated heterocycles. The monoisotopic (exact) mass is 392 g/mol. The van der Waals surface area contributed by atoms with Crippen molar-refractivity contribution in [3.63, 3.8) is 0 Å². The molecule has 0 radical (unpaired) electrons. The van der Waals surface area contributed by atoms with Gasteiger partial charge in [0.15, 0.2) is 5.82 Å². The van der Waals surface area contributed by atoms with E-state index in [2.05, 4.69) is 20.2 Å². The van der Waals surface area contributed by atoms with Crippen LogP contribution < -0.4 is 16.1 Å². The number of rotatable bonds is 5. The molecule has 0 spiro atoms. The van der Waals surface area contributed by atoms with Crippen LogP contribution in [-0.4, -0.2) is 31.1 Å². The first-order valence-corrected chi connectivity index (χ1v) is 10.1. The lowest BCUT2D eigenvalue weighted by molar-refractivity contribution is 0.406. The van der Waals surface area contributed by atoms with Crippen molar-refractivity contribution in [3.8, 4) is 0 Å². The van der Waals surface area contributed by atoms with E-state index in [-0.39, 0.29) is 17.3 Å². The molecule has 1 aliphatic heterocycles. The Kier molecular flexibility index (Phi) is 4.34. The van der Waals surface area contributed by atoms with Crippen molar-refractivity contribution in [2.24, 2.45) is 18.9 Å². The zero-order chi connectivity index (χ0) is 20.0. The Balaban J connectivity index is 1.47. The fraction of sp³-hybridized carbons (Fsp3) is 0.429. The number of aromatic amines is 1. The Morgan fingerprint density at radius 3 is 2.59 bits per heavy atom. The van der Waals surface area contributed by atoms with Crippen LogP contribution in [0.15, 0.2) is 52.2 Å². The summed E-state index contributed by atoms with van der Waals surface area (Å²) < 4.78 is 3.06. The molecule has 8 nitrogen and oxygen atoms in total. The van der Waals surface area contributed by atoms with Gasteiger partial charge in [0.05, 0.1) is 24.5 Å². The first-order chi connectivity index (χ1) is 14.1. The molecule has 8 heteroatoms. The molecular formula is C21H24N6O2. The molecule has 5 rings (SSSR count). The van der Waals surface area contributed by atoms with Gasteiger partial charge in [-0.2, -0.15) is 10.2 Å². The minimum Gasteiger partial charge on any atom is -0.359 e. The summed E-state index contributed by atoms with van der Waals surface area (Å²) in [5.41, 5.74) is 1.49. The first kappa shape index (κ1) is 17.9. The maximum atomic E-state index is 12.7. The zero-order valence-corrected chi connectivity index (χ0v) is 16.4. The van der Waals surface area contributed by atoms with Crippen molar-refractivity contribution in [3.05, 3.63) is 74.8 Å². The van der Waals surface area contributed by atoms with E-state index in [1.54, 1.807) is 23.9 Å². The molecule has 2 aliphatic rings. The largest absolute Gasteiger partial charge is 0.359 e. The van der Waals surface area contributed by atoms with E-state index < -0.39 is 0 Å². The summed E-state index contributed by atoms with van der Waals surface area (Å²) in [6.45, 7) is 1.28. The van der Waals surface area contributed by atoms with Gasteiger partial charge in [-0.15, -0.1) is 0 Å². The van der Waals surface area contributed by atoms with E-state index >= 15 is 0 Å². The van der Waals surface area contributed by atoms with Crippen LogP contribution in [0.4, 0.5) is 5.69 Å². The normalized spacial score (nSPS) is 21.6. The third-order valence-corrected chi connectivity index (χ3v) is 6.21. The number of hydrogen-bond acceptors (Lipinski definition) is 5. The maximum Gasteiger partial charge on any atom is 0.343 e. The van der Waals surface area contributed by atoms with E-state index in [1.807, 2.05) is 30.3 Å². The average Bonchev–Trinajstić information content (AvgIpc) is 3.40. The second kappa shape index (κ2) is 7.02. The SMILES string of the molecule is Cn1c(C2C(C3CC3)CCN2c2cnn(Cc3ccccc3)c(=O)c2)n[nH]c1=O. The van der Waals surface area contributed by atoms with Crippen molar-refractivity contribution in [2.45, 2.75) is 31.8 Å². The summed E-state index contributed by atoms with van der Waals surface area (Å²) in [5, 5.41) is 11.3. The van der Waals surface area contributed by atoms with Crippen LogP contribution in [0.3, 0.4) is 0 Å². The Bertz CT molecular complexity index is 1130. The van der Waals surface area contributed by atoms with Gasteiger partial charge in [-0.25, -0.2) is 14.6 Å². The van der Waals surface area contributed by atoms with Crippen LogP contribution in [-0.2, 0) is 13.6 Å². The van der Waals surface area contributed by atoms with Gasteiger partial charge >= 0.3 is 5.69 Å². The second-order valence-corrected chi connectivity index (χ2v) is 8.07. The highest BCUT2D eigenvalue weighted by molar-refractivity contribution is 5.47. The molecule has 2 atom stereocenters. The summed E-state index contributed by atoms with van der Waals surface area (Å²) in [6, 6.07) is 11.5. The fourth-order valence-electron chi connectivity index (χ4n) is 4.53. The van der Waals surface area contributed by atoms with Crippen LogP contribution >= 0.6 is 0 Å². The Hall–Kier alpha value is -3.16. The van der Waals surface area contributed by atoms with Crippen LogP contribution in [0.2, 0.25) is 0 Å². The number of aromatic nitrogens is 5. The predicted molar refractivity (Wildman–Crippen MR) is 109 cm³/mol. The number of benzene rings is 1. The van der Waals surface area contributed by atoms with Crippen molar-refractivity contribution >= 4 is 5.69 Å². The molecule has 3 heterocycles. The third-order valence-electron chi connectivity index (χ3n) is 6.21. The van der Waals surface area contributed by atoms with Crippen molar-refractivity contribution in [1.82, 2.24) is 24.5 Å². The molecule has 1 saturated carbocycles. The van der Waals surface area contributed by atoms with Crippen LogP contribution in [0.1, 0.15) is 36.7 Å². The topological polar surface area (TPSA) is 88.8 Å². The van der Waals surface area contributed by atoms with Crippen molar-refractivity contribution in [2.75, 3.05) is 11.4 Å². The van der Waals surface area contributed by atoms with E-state index in [0.29, 0.717) is 18.4 Å². The summed E-state index contributed by atoms with van der Waals surface area (Å²) in [5.74, 6) is 1.84. The third kappa shape index (κ3) is 3.28. The molecule has 2 unspecified atom stereocenters. The molecule has 0 amide bonds. The molecule has 3 aromatic rings. The molecule has 0 bridgehead atoms. The number of H-pyrrole nitrogens is 1. The number of nitrogens with one attached hydrogen (secondary N) is 1. The first-order valence-electron chi connectivity index (χ1n) is 10.1. The number of hydrogen-bond donors (Lipinski definition) is 1. The molecule has 2 aromatic heterocycles. The lowest BCUT2D eigenvalue weighted by Gasteiger charge is -2.29. The minimum absolute atomic E-state index is 0.0161. The van der Waals surface area contributed by atoms with Gasteiger partial charge < -0.3 is 4.90 Å². The van der Waals surface area contributed by atoms with Crippen LogP contribution in [0.5, 0.6) is 0 Å². The van der Waals surface area contributed by atoms with Crippen LogP contribution in [0, 0.1) is 11.8 Å². The molecule has 1 N–H and O–H groups in total. The summed E-state index contributed by atoms with van der Waals surface area (Å²) in [4.78, 5) is 26.9. The molecule has 29 heavy (non-hydrogen) atoms. The highest BCUT2D eigenvalue weighted by atomic mass is 16.1. The molecular weight excluding hydrogens is 368 g/mol. The smallest absolute Gasteiger partial charge is 0.343 e. The second-order valence-electron chi connectivity index (χ2n) is 8.07. The number of nitrogens with zero attached hydrogens (tertiary/aromatic N) is 5. The molecule has 2 fully saturated rings. The lowest BCUT2D eigenvalue weighted by atomic mass is 9.94. The number of anilines is 1. The fourth-order valence-corrected chi connectivity index (χ4v) is 4.53. The van der Waals surface area contributed by atoms with Gasteiger partial charge in [0, 0.05) is 19.7 Å². The van der Waals surface area contributed by atoms with Crippen LogP contribution in [0.25, 0.3) is 0 Å². The molecule has 1 aromatic carbocycles. The highest BCUT2D eigenvalue weighted by Gasteiger charge is 2.46. The summed E-state index contributed by atoms with van der Waals surface area (Å²) in [6.07, 6.45) is 5.25. The van der Waals surface area contributed by atoms with Crippen molar-refractivity contribution < 1.29 is 0 Å². The van der Waals surface area contributed by atoms with Gasteiger partial charge in [-0.05, 0) is 36.7 Å². The quantitative estimate of drug-likeness (QED) is 0.714. The Morgan fingerprint density at radius 1 is 1.14 bits per heavy atom. The van der Waals surface area contributed by atoms with E-state index in [0.717, 1.165) is 30.0 Å². The maximum absolute atomic E-state index is 12.7. The Labute approximate surface area is 167 Å². The predicted octanol–water partition coefficient (Wildman–Crippen LogP) is 1.69. The molecule has 1 aliphatic carbocycles. The van der Waals surface area contributed by atoms with Crippen molar-refractivity contribution in [1.29, 1.82) is 0 Å². The zero-order valence-electron chi connectivity index (χ0n) is 16.4. The van der Waals surface area contributed by atoms with Gasteiger partial charge in [-0.3, -0.25) is 9.36 Å². The van der Waals surface area contributed by atoms with Gasteiger partial charge in [0.25, 0.3) is 5.56 Å². The molecule has 150 valence electrons. The van der Waals surface area contributed by atoms with E-state index in [9.17, 15) is 9.59 Å². The van der Waals surface area contributed by atoms with Gasteiger partial charge in [0.2, 0.25) is 0 Å². The summed E-state index contributed by atoms with van der Waals surface area (Å²) in [7, 11) is 1.75. The average molecular weight is 392 g/mol. The van der Waals surface area contributed by atoms with Gasteiger partial charge in [0.1, 0.15) is 0 Å². The standard InChI is InChI=1S/C21H24N6O2/c1-25-20(23-24-21(25)29)19-17(15-7-8-15)9-10-26(19)16-11-18(28)27(22-12-16)13-14-5-3-2-4-6-14/h2-6,11-12,15,17,19H,7-10,13H2,1H3,(H,24,29). The lowest BCUT2D eigenvalue weighted by Crippen LogP contribution is -2.32. The Morgan fingerprint density at radius 2 is 1.93 bits per heavy atom. The summed E-state index contributed by atoms with van der Waals surface area (Å²) >= 11 is 0. The van der Waals surface area contributed by atoms with E-state index in [1.165, 1.54) is 17.5 Å². The van der Waals surface area contributed by atoms with E-state index in [4.69, 9.17) is 0 Å². The highest BCUT2D eigenvalue weighted by Crippen LogP contribution is 2.50. The van der Waals surface area contributed by atoms with Gasteiger partial charge in [-0.1, -0.05) is 30.3 Å².